The minimum atomic E-state index is 0.446. The zero-order valence-electron chi connectivity index (χ0n) is 17.3. The summed E-state index contributed by atoms with van der Waals surface area (Å²) in [7, 11) is 0. The highest BCUT2D eigenvalue weighted by Gasteiger charge is 2.13. The molecule has 152 valence electrons. The molecule has 0 saturated heterocycles. The summed E-state index contributed by atoms with van der Waals surface area (Å²) in [5.74, 6) is 1.26. The molecule has 0 radical (unpaired) electrons. The Hall–Kier alpha value is -2.65. The topological polar surface area (TPSA) is 30.5 Å². The molecule has 0 aliphatic rings. The molecule has 0 bridgehead atoms. The molecule has 0 spiro atoms. The van der Waals surface area contributed by atoms with E-state index in [1.165, 1.54) is 11.1 Å². The third-order valence-corrected chi connectivity index (χ3v) is 5.01. The van der Waals surface area contributed by atoms with Gasteiger partial charge in [-0.25, -0.2) is 0 Å². The highest BCUT2D eigenvalue weighted by Crippen LogP contribution is 2.37. The van der Waals surface area contributed by atoms with E-state index < -0.39 is 0 Å². The standard InChI is InChI=1S/C25H28ClNO2/c1-4-19-10-12-22(13-11-19)27-16-21-14-23(26)25(24(15-21)28-5-2)29-17-20-8-6-18(3)7-9-20/h6-15,27H,4-5,16-17H2,1-3H3. The zero-order valence-corrected chi connectivity index (χ0v) is 18.1. The molecule has 0 saturated carbocycles. The van der Waals surface area contributed by atoms with Gasteiger partial charge in [0.25, 0.3) is 0 Å². The average Bonchev–Trinajstić information content (AvgIpc) is 2.73. The van der Waals surface area contributed by atoms with E-state index >= 15 is 0 Å². The van der Waals surface area contributed by atoms with E-state index in [1.54, 1.807) is 0 Å². The summed E-state index contributed by atoms with van der Waals surface area (Å²) in [5.41, 5.74) is 5.77. The van der Waals surface area contributed by atoms with Crippen LogP contribution in [0.2, 0.25) is 5.02 Å². The van der Waals surface area contributed by atoms with E-state index in [1.807, 2.05) is 19.1 Å². The molecule has 0 amide bonds. The van der Waals surface area contributed by atoms with E-state index in [2.05, 4.69) is 67.7 Å². The van der Waals surface area contributed by atoms with Gasteiger partial charge in [-0.3, -0.25) is 0 Å². The summed E-state index contributed by atoms with van der Waals surface area (Å²) in [6.45, 7) is 7.83. The highest BCUT2D eigenvalue weighted by molar-refractivity contribution is 6.32. The monoisotopic (exact) mass is 409 g/mol. The molecule has 4 heteroatoms. The first-order valence-corrected chi connectivity index (χ1v) is 10.4. The summed E-state index contributed by atoms with van der Waals surface area (Å²) < 4.78 is 11.8. The van der Waals surface area contributed by atoms with Crippen LogP contribution in [0.4, 0.5) is 5.69 Å². The van der Waals surface area contributed by atoms with Crippen LogP contribution >= 0.6 is 11.6 Å². The predicted octanol–water partition coefficient (Wildman–Crippen LogP) is 6.80. The van der Waals surface area contributed by atoms with Gasteiger partial charge < -0.3 is 14.8 Å². The molecule has 0 aliphatic heterocycles. The van der Waals surface area contributed by atoms with Gasteiger partial charge in [0.15, 0.2) is 11.5 Å². The maximum Gasteiger partial charge on any atom is 0.180 e. The van der Waals surface area contributed by atoms with Crippen LogP contribution in [0.3, 0.4) is 0 Å². The van der Waals surface area contributed by atoms with Crippen LogP contribution in [0.1, 0.15) is 36.1 Å². The van der Waals surface area contributed by atoms with Crippen molar-refractivity contribution in [1.82, 2.24) is 0 Å². The van der Waals surface area contributed by atoms with Gasteiger partial charge in [-0.05, 0) is 61.2 Å². The summed E-state index contributed by atoms with van der Waals surface area (Å²) in [6.07, 6.45) is 1.04. The van der Waals surface area contributed by atoms with Gasteiger partial charge in [0.1, 0.15) is 6.61 Å². The van der Waals surface area contributed by atoms with E-state index in [0.29, 0.717) is 36.3 Å². The van der Waals surface area contributed by atoms with Gasteiger partial charge in [0.05, 0.1) is 11.6 Å². The van der Waals surface area contributed by atoms with Gasteiger partial charge >= 0.3 is 0 Å². The van der Waals surface area contributed by atoms with Crippen molar-refractivity contribution in [1.29, 1.82) is 0 Å². The lowest BCUT2D eigenvalue weighted by molar-refractivity contribution is 0.269. The molecule has 0 aromatic heterocycles. The maximum absolute atomic E-state index is 6.55. The Morgan fingerprint density at radius 1 is 0.828 bits per heavy atom. The summed E-state index contributed by atoms with van der Waals surface area (Å²) in [5, 5.41) is 3.99. The number of hydrogen-bond acceptors (Lipinski definition) is 3. The van der Waals surface area contributed by atoms with Crippen molar-refractivity contribution in [3.8, 4) is 11.5 Å². The van der Waals surface area contributed by atoms with Gasteiger partial charge in [-0.15, -0.1) is 0 Å². The molecule has 3 aromatic rings. The van der Waals surface area contributed by atoms with Gasteiger partial charge in [0.2, 0.25) is 0 Å². The Labute approximate surface area is 178 Å². The molecular formula is C25H28ClNO2. The number of benzene rings is 3. The number of halogens is 1. The second kappa shape index (κ2) is 10.2. The first-order valence-electron chi connectivity index (χ1n) is 10.1. The number of ether oxygens (including phenoxy) is 2. The third-order valence-electron chi connectivity index (χ3n) is 4.73. The second-order valence-corrected chi connectivity index (χ2v) is 7.42. The molecule has 0 aliphatic carbocycles. The number of hydrogen-bond donors (Lipinski definition) is 1. The zero-order chi connectivity index (χ0) is 20.6. The molecule has 3 nitrogen and oxygen atoms in total. The van der Waals surface area contributed by atoms with E-state index in [9.17, 15) is 0 Å². The molecule has 0 fully saturated rings. The molecule has 0 heterocycles. The Morgan fingerprint density at radius 2 is 1.52 bits per heavy atom. The summed E-state index contributed by atoms with van der Waals surface area (Å²) in [6, 6.07) is 20.7. The first-order chi connectivity index (χ1) is 14.1. The fraction of sp³-hybridized carbons (Fsp3) is 0.280. The minimum Gasteiger partial charge on any atom is -0.490 e. The second-order valence-electron chi connectivity index (χ2n) is 7.02. The third kappa shape index (κ3) is 5.91. The highest BCUT2D eigenvalue weighted by atomic mass is 35.5. The smallest absolute Gasteiger partial charge is 0.180 e. The number of aryl methyl sites for hydroxylation is 2. The lowest BCUT2D eigenvalue weighted by Crippen LogP contribution is -2.04. The van der Waals surface area contributed by atoms with Gasteiger partial charge in [-0.1, -0.05) is 60.5 Å². The molecule has 3 rings (SSSR count). The SMILES string of the molecule is CCOc1cc(CNc2ccc(CC)cc2)cc(Cl)c1OCc1ccc(C)cc1. The average molecular weight is 410 g/mol. The van der Waals surface area contributed by atoms with Gasteiger partial charge in [-0.2, -0.15) is 0 Å². The molecule has 1 N–H and O–H groups in total. The van der Waals surface area contributed by atoms with Crippen LogP contribution in [-0.2, 0) is 19.6 Å². The van der Waals surface area contributed by atoms with Crippen LogP contribution in [0.15, 0.2) is 60.7 Å². The molecule has 0 atom stereocenters. The fourth-order valence-electron chi connectivity index (χ4n) is 3.03. The predicted molar refractivity (Wildman–Crippen MR) is 121 cm³/mol. The minimum absolute atomic E-state index is 0.446. The van der Waals surface area contributed by atoms with Crippen LogP contribution in [0.5, 0.6) is 11.5 Å². The Balaban J connectivity index is 1.71. The van der Waals surface area contributed by atoms with E-state index in [-0.39, 0.29) is 0 Å². The number of nitrogens with one attached hydrogen (secondary N) is 1. The summed E-state index contributed by atoms with van der Waals surface area (Å²) >= 11 is 6.55. The Bertz CT molecular complexity index is 921. The lowest BCUT2D eigenvalue weighted by atomic mass is 10.1. The van der Waals surface area contributed by atoms with Crippen molar-refractivity contribution in [3.05, 3.63) is 87.9 Å². The Kier molecular flexibility index (Phi) is 7.42. The van der Waals surface area contributed by atoms with E-state index in [0.717, 1.165) is 23.2 Å². The quantitative estimate of drug-likeness (QED) is 0.421. The number of rotatable bonds is 9. The van der Waals surface area contributed by atoms with Crippen molar-refractivity contribution in [2.45, 2.75) is 40.3 Å². The van der Waals surface area contributed by atoms with Crippen molar-refractivity contribution in [2.75, 3.05) is 11.9 Å². The number of anilines is 1. The molecule has 29 heavy (non-hydrogen) atoms. The maximum atomic E-state index is 6.55. The van der Waals surface area contributed by atoms with Crippen LogP contribution < -0.4 is 14.8 Å². The largest absolute Gasteiger partial charge is 0.490 e. The van der Waals surface area contributed by atoms with Crippen LogP contribution in [0.25, 0.3) is 0 Å². The molecule has 0 unspecified atom stereocenters. The lowest BCUT2D eigenvalue weighted by Gasteiger charge is -2.16. The van der Waals surface area contributed by atoms with Crippen molar-refractivity contribution in [2.24, 2.45) is 0 Å². The Morgan fingerprint density at radius 3 is 2.17 bits per heavy atom. The van der Waals surface area contributed by atoms with Crippen LogP contribution in [-0.4, -0.2) is 6.61 Å². The molecule has 3 aromatic carbocycles. The van der Waals surface area contributed by atoms with Crippen molar-refractivity contribution < 1.29 is 9.47 Å². The van der Waals surface area contributed by atoms with Gasteiger partial charge in [0, 0.05) is 12.2 Å². The summed E-state index contributed by atoms with van der Waals surface area (Å²) in [4.78, 5) is 0. The van der Waals surface area contributed by atoms with E-state index in [4.69, 9.17) is 21.1 Å². The first kappa shape index (κ1) is 21.1. The van der Waals surface area contributed by atoms with Crippen LogP contribution in [0, 0.1) is 6.92 Å². The van der Waals surface area contributed by atoms with Crippen molar-refractivity contribution >= 4 is 17.3 Å². The van der Waals surface area contributed by atoms with Crippen molar-refractivity contribution in [3.63, 3.8) is 0 Å². The normalized spacial score (nSPS) is 10.6. The fourth-order valence-corrected chi connectivity index (χ4v) is 3.32. The molecular weight excluding hydrogens is 382 g/mol.